The second-order valence-corrected chi connectivity index (χ2v) is 4.98. The zero-order valence-corrected chi connectivity index (χ0v) is 13.1. The molecule has 2 aromatic rings. The highest BCUT2D eigenvalue weighted by Gasteiger charge is 2.21. The number of rotatable bonds is 5. The Morgan fingerprint density at radius 1 is 1.26 bits per heavy atom. The molecule has 0 spiro atoms. The predicted octanol–water partition coefficient (Wildman–Crippen LogP) is 2.02. The first-order valence-electron chi connectivity index (χ1n) is 6.89. The van der Waals surface area contributed by atoms with Crippen molar-refractivity contribution in [2.45, 2.75) is 13.0 Å². The van der Waals surface area contributed by atoms with Crippen LogP contribution in [0.3, 0.4) is 0 Å². The second-order valence-electron chi connectivity index (χ2n) is 4.98. The highest BCUT2D eigenvalue weighted by molar-refractivity contribution is 5.98. The molecule has 1 N–H and O–H groups in total. The number of aromatic nitrogens is 2. The third kappa shape index (κ3) is 3.63. The number of carboxylic acid groups (broad SMARTS) is 1. The Morgan fingerprint density at radius 3 is 2.52 bits per heavy atom. The van der Waals surface area contributed by atoms with E-state index in [-0.39, 0.29) is 23.1 Å². The van der Waals surface area contributed by atoms with Crippen LogP contribution in [0.5, 0.6) is 5.75 Å². The smallest absolute Gasteiger partial charge is 0.335 e. The fourth-order valence-electron chi connectivity index (χ4n) is 2.09. The molecule has 1 atom stereocenters. The summed E-state index contributed by atoms with van der Waals surface area (Å²) in [6.45, 7) is 1.83. The van der Waals surface area contributed by atoms with E-state index in [1.54, 1.807) is 19.3 Å². The van der Waals surface area contributed by atoms with E-state index < -0.39 is 5.97 Å². The SMILES string of the molecule is COc1cc(C(=O)O)cc(C(=O)N(C)[C@H](C)c2ccncn2)c1. The summed E-state index contributed by atoms with van der Waals surface area (Å²) in [5.41, 5.74) is 0.929. The van der Waals surface area contributed by atoms with Crippen molar-refractivity contribution in [1.82, 2.24) is 14.9 Å². The van der Waals surface area contributed by atoms with Gasteiger partial charge in [0.15, 0.2) is 0 Å². The van der Waals surface area contributed by atoms with Crippen LogP contribution in [0.25, 0.3) is 0 Å². The number of benzene rings is 1. The number of carbonyl (C=O) groups is 2. The number of ether oxygens (including phenoxy) is 1. The molecular weight excluding hydrogens is 298 g/mol. The Balaban J connectivity index is 2.32. The number of methoxy groups -OCH3 is 1. The summed E-state index contributed by atoms with van der Waals surface area (Å²) >= 11 is 0. The van der Waals surface area contributed by atoms with Crippen LogP contribution in [-0.2, 0) is 0 Å². The van der Waals surface area contributed by atoms with Gasteiger partial charge in [0.2, 0.25) is 0 Å². The standard InChI is InChI=1S/C16H17N3O4/c1-10(14-4-5-17-9-18-14)19(2)15(20)11-6-12(16(21)22)8-13(7-11)23-3/h4-10H,1-3H3,(H,21,22)/t10-/m1/s1. The molecule has 0 unspecified atom stereocenters. The lowest BCUT2D eigenvalue weighted by molar-refractivity contribution is 0.0696. The molecule has 7 heteroatoms. The molecule has 0 aliphatic heterocycles. The number of amides is 1. The average Bonchev–Trinajstić information content (AvgIpc) is 2.59. The quantitative estimate of drug-likeness (QED) is 0.907. The fraction of sp³-hybridized carbons (Fsp3) is 0.250. The normalized spacial score (nSPS) is 11.6. The lowest BCUT2D eigenvalue weighted by Gasteiger charge is -2.24. The second kappa shape index (κ2) is 6.87. The molecule has 0 aliphatic rings. The first-order valence-corrected chi connectivity index (χ1v) is 6.89. The van der Waals surface area contributed by atoms with Crippen molar-refractivity contribution in [1.29, 1.82) is 0 Å². The van der Waals surface area contributed by atoms with Crippen molar-refractivity contribution in [2.75, 3.05) is 14.2 Å². The van der Waals surface area contributed by atoms with Crippen molar-refractivity contribution in [2.24, 2.45) is 0 Å². The van der Waals surface area contributed by atoms with E-state index in [0.717, 1.165) is 0 Å². The van der Waals surface area contributed by atoms with Crippen LogP contribution in [-0.4, -0.2) is 46.0 Å². The van der Waals surface area contributed by atoms with E-state index in [1.807, 2.05) is 6.92 Å². The minimum absolute atomic E-state index is 0.00390. The fourth-order valence-corrected chi connectivity index (χ4v) is 2.09. The number of hydrogen-bond donors (Lipinski definition) is 1. The summed E-state index contributed by atoms with van der Waals surface area (Å²) in [7, 11) is 3.05. The van der Waals surface area contributed by atoms with Gasteiger partial charge in [0.05, 0.1) is 24.4 Å². The van der Waals surface area contributed by atoms with Crippen LogP contribution >= 0.6 is 0 Å². The van der Waals surface area contributed by atoms with Crippen molar-refractivity contribution in [3.05, 3.63) is 53.6 Å². The molecule has 0 radical (unpaired) electrons. The largest absolute Gasteiger partial charge is 0.497 e. The van der Waals surface area contributed by atoms with Crippen LogP contribution in [0.4, 0.5) is 0 Å². The lowest BCUT2D eigenvalue weighted by atomic mass is 10.1. The van der Waals surface area contributed by atoms with Gasteiger partial charge < -0.3 is 14.7 Å². The van der Waals surface area contributed by atoms with E-state index in [1.165, 1.54) is 36.5 Å². The Hall–Kier alpha value is -2.96. The molecule has 1 aromatic heterocycles. The molecule has 0 bridgehead atoms. The van der Waals surface area contributed by atoms with Crippen molar-refractivity contribution >= 4 is 11.9 Å². The van der Waals surface area contributed by atoms with Gasteiger partial charge >= 0.3 is 5.97 Å². The number of carboxylic acids is 1. The molecule has 1 amide bonds. The lowest BCUT2D eigenvalue weighted by Crippen LogP contribution is -2.30. The molecule has 1 heterocycles. The van der Waals surface area contributed by atoms with Crippen LogP contribution in [0.15, 0.2) is 36.8 Å². The summed E-state index contributed by atoms with van der Waals surface area (Å²) in [5.74, 6) is -1.13. The van der Waals surface area contributed by atoms with Crippen LogP contribution in [0.2, 0.25) is 0 Å². The summed E-state index contributed by atoms with van der Waals surface area (Å²) in [6, 6.07) is 5.65. The topological polar surface area (TPSA) is 92.6 Å². The number of hydrogen-bond acceptors (Lipinski definition) is 5. The van der Waals surface area contributed by atoms with Crippen LogP contribution in [0.1, 0.15) is 39.4 Å². The maximum Gasteiger partial charge on any atom is 0.335 e. The summed E-state index contributed by atoms with van der Waals surface area (Å²) in [5, 5.41) is 9.14. The molecule has 0 saturated carbocycles. The Labute approximate surface area is 133 Å². The molecule has 1 aromatic carbocycles. The average molecular weight is 315 g/mol. The maximum absolute atomic E-state index is 12.6. The van der Waals surface area contributed by atoms with Crippen molar-refractivity contribution < 1.29 is 19.4 Å². The van der Waals surface area contributed by atoms with Gasteiger partial charge in [-0.15, -0.1) is 0 Å². The molecule has 0 aliphatic carbocycles. The minimum atomic E-state index is -1.12. The molecule has 7 nitrogen and oxygen atoms in total. The van der Waals surface area contributed by atoms with E-state index in [0.29, 0.717) is 11.4 Å². The molecule has 120 valence electrons. The first kappa shape index (κ1) is 16.4. The monoisotopic (exact) mass is 315 g/mol. The van der Waals surface area contributed by atoms with Crippen molar-refractivity contribution in [3.63, 3.8) is 0 Å². The van der Waals surface area contributed by atoms with Gasteiger partial charge in [0.1, 0.15) is 12.1 Å². The summed E-state index contributed by atoms with van der Waals surface area (Å²) in [6.07, 6.45) is 3.02. The van der Waals surface area contributed by atoms with Gasteiger partial charge in [0.25, 0.3) is 5.91 Å². The Morgan fingerprint density at radius 2 is 1.96 bits per heavy atom. The highest BCUT2D eigenvalue weighted by Crippen LogP contribution is 2.22. The molecule has 2 rings (SSSR count). The minimum Gasteiger partial charge on any atom is -0.497 e. The maximum atomic E-state index is 12.6. The summed E-state index contributed by atoms with van der Waals surface area (Å²) < 4.78 is 5.07. The van der Waals surface area contributed by atoms with Gasteiger partial charge in [-0.3, -0.25) is 4.79 Å². The van der Waals surface area contributed by atoms with Gasteiger partial charge in [-0.25, -0.2) is 14.8 Å². The van der Waals surface area contributed by atoms with Gasteiger partial charge in [0, 0.05) is 18.8 Å². The number of nitrogens with zero attached hydrogens (tertiary/aromatic N) is 3. The zero-order chi connectivity index (χ0) is 17.0. The van der Waals surface area contributed by atoms with Crippen LogP contribution < -0.4 is 4.74 Å². The Kier molecular flexibility index (Phi) is 4.90. The molecule has 0 saturated heterocycles. The van der Waals surface area contributed by atoms with Gasteiger partial charge in [-0.2, -0.15) is 0 Å². The molecular formula is C16H17N3O4. The van der Waals surface area contributed by atoms with Crippen LogP contribution in [0, 0.1) is 0 Å². The molecule has 0 fully saturated rings. The Bertz CT molecular complexity index is 719. The third-order valence-electron chi connectivity index (χ3n) is 3.57. The number of aromatic carboxylic acids is 1. The summed E-state index contributed by atoms with van der Waals surface area (Å²) in [4.78, 5) is 33.3. The van der Waals surface area contributed by atoms with Gasteiger partial charge in [-0.1, -0.05) is 0 Å². The number of carbonyl (C=O) groups excluding carboxylic acids is 1. The molecule has 23 heavy (non-hydrogen) atoms. The predicted molar refractivity (Wildman–Crippen MR) is 82.5 cm³/mol. The van der Waals surface area contributed by atoms with Crippen molar-refractivity contribution in [3.8, 4) is 5.75 Å². The van der Waals surface area contributed by atoms with E-state index in [2.05, 4.69) is 9.97 Å². The first-order chi connectivity index (χ1) is 10.9. The third-order valence-corrected chi connectivity index (χ3v) is 3.57. The van der Waals surface area contributed by atoms with E-state index >= 15 is 0 Å². The van der Waals surface area contributed by atoms with Gasteiger partial charge in [-0.05, 0) is 31.2 Å². The zero-order valence-electron chi connectivity index (χ0n) is 13.1. The van der Waals surface area contributed by atoms with E-state index in [4.69, 9.17) is 9.84 Å². The highest BCUT2D eigenvalue weighted by atomic mass is 16.5. The van der Waals surface area contributed by atoms with E-state index in [9.17, 15) is 9.59 Å².